The number of halogens is 1. The zero-order chi connectivity index (χ0) is 11.5. The Bertz CT molecular complexity index is 600. The van der Waals surface area contributed by atoms with E-state index < -0.39 is 0 Å². The Morgan fingerprint density at radius 3 is 2.56 bits per heavy atom. The maximum atomic E-state index is 8.92. The number of pyridine rings is 1. The molecule has 0 unspecified atom stereocenters. The van der Waals surface area contributed by atoms with Gasteiger partial charge in [-0.1, -0.05) is 11.6 Å². The number of hydrogen-bond donors (Lipinski definition) is 0. The van der Waals surface area contributed by atoms with Gasteiger partial charge in [0, 0.05) is 6.20 Å². The van der Waals surface area contributed by atoms with Crippen molar-refractivity contribution in [1.82, 2.24) is 14.5 Å². The average molecular weight is 230 g/mol. The maximum Gasteiger partial charge on any atom is 0.177 e. The summed E-state index contributed by atoms with van der Waals surface area (Å²) in [4.78, 5) is 7.85. The van der Waals surface area contributed by atoms with E-state index in [0.29, 0.717) is 10.8 Å². The second-order valence-corrected chi connectivity index (χ2v) is 3.31. The van der Waals surface area contributed by atoms with Crippen molar-refractivity contribution in [2.45, 2.75) is 0 Å². The number of imidazole rings is 1. The fraction of sp³-hybridized carbons (Fsp3) is 0. The van der Waals surface area contributed by atoms with Crippen molar-refractivity contribution in [2.24, 2.45) is 0 Å². The molecule has 2 aromatic rings. The van der Waals surface area contributed by atoms with Gasteiger partial charge in [-0.15, -0.1) is 0 Å². The summed E-state index contributed by atoms with van der Waals surface area (Å²) < 4.78 is 1.44. The van der Waals surface area contributed by atoms with Crippen LogP contribution in [0.5, 0.6) is 0 Å². The number of nitrogens with zero attached hydrogens (tertiary/aromatic N) is 5. The van der Waals surface area contributed by atoms with Crippen LogP contribution in [0.2, 0.25) is 5.02 Å². The molecule has 0 aliphatic heterocycles. The van der Waals surface area contributed by atoms with Crippen LogP contribution in [0.4, 0.5) is 0 Å². The molecular formula is C10H4ClN5. The highest BCUT2D eigenvalue weighted by Gasteiger charge is 2.11. The minimum absolute atomic E-state index is 0.0826. The van der Waals surface area contributed by atoms with Crippen molar-refractivity contribution in [1.29, 1.82) is 10.5 Å². The Morgan fingerprint density at radius 2 is 2.00 bits per heavy atom. The lowest BCUT2D eigenvalue weighted by molar-refractivity contribution is 0.976. The molecule has 0 aromatic carbocycles. The number of nitriles is 2. The van der Waals surface area contributed by atoms with Crippen molar-refractivity contribution in [3.8, 4) is 18.0 Å². The van der Waals surface area contributed by atoms with Gasteiger partial charge in [0.05, 0.1) is 5.02 Å². The lowest BCUT2D eigenvalue weighted by Crippen LogP contribution is -1.98. The second kappa shape index (κ2) is 4.01. The fourth-order valence-corrected chi connectivity index (χ4v) is 1.33. The van der Waals surface area contributed by atoms with Gasteiger partial charge in [0.2, 0.25) is 0 Å². The second-order valence-electron chi connectivity index (χ2n) is 2.87. The van der Waals surface area contributed by atoms with Crippen molar-refractivity contribution in [2.75, 3.05) is 0 Å². The molecule has 2 rings (SSSR count). The molecule has 0 radical (unpaired) electrons. The van der Waals surface area contributed by atoms with E-state index in [2.05, 4.69) is 9.97 Å². The van der Waals surface area contributed by atoms with Crippen LogP contribution >= 0.6 is 11.6 Å². The van der Waals surface area contributed by atoms with Crippen molar-refractivity contribution in [3.05, 3.63) is 41.1 Å². The molecule has 0 N–H and O–H groups in total. The molecule has 0 fully saturated rings. The van der Waals surface area contributed by atoms with Gasteiger partial charge in [-0.25, -0.2) is 9.97 Å². The van der Waals surface area contributed by atoms with Gasteiger partial charge >= 0.3 is 0 Å². The third kappa shape index (κ3) is 1.60. The number of aromatic nitrogens is 3. The van der Waals surface area contributed by atoms with Gasteiger partial charge in [0.1, 0.15) is 24.3 Å². The van der Waals surface area contributed by atoms with Crippen molar-refractivity contribution in [3.63, 3.8) is 0 Å². The van der Waals surface area contributed by atoms with Crippen molar-refractivity contribution < 1.29 is 0 Å². The highest BCUT2D eigenvalue weighted by molar-refractivity contribution is 6.30. The predicted octanol–water partition coefficient (Wildman–Crippen LogP) is 1.66. The van der Waals surface area contributed by atoms with Crippen molar-refractivity contribution >= 4 is 11.6 Å². The summed E-state index contributed by atoms with van der Waals surface area (Å²) in [6.45, 7) is 0. The smallest absolute Gasteiger partial charge is 0.177 e. The highest BCUT2D eigenvalue weighted by Crippen LogP contribution is 2.13. The van der Waals surface area contributed by atoms with Gasteiger partial charge in [0.15, 0.2) is 11.4 Å². The van der Waals surface area contributed by atoms with Gasteiger partial charge in [-0.05, 0) is 12.1 Å². The first-order valence-corrected chi connectivity index (χ1v) is 4.63. The van der Waals surface area contributed by atoms with Crippen LogP contribution in [0.1, 0.15) is 11.4 Å². The van der Waals surface area contributed by atoms with Crippen LogP contribution < -0.4 is 0 Å². The van der Waals surface area contributed by atoms with E-state index in [1.54, 1.807) is 12.1 Å². The molecule has 0 aliphatic rings. The standard InChI is InChI=1S/C10H4ClN5/c11-7-1-2-10(14-5-7)16-6-15-8(3-12)9(16)4-13/h1-2,5-6H. The molecule has 6 heteroatoms. The third-order valence-electron chi connectivity index (χ3n) is 1.94. The van der Waals surface area contributed by atoms with E-state index >= 15 is 0 Å². The molecule has 16 heavy (non-hydrogen) atoms. The average Bonchev–Trinajstić information content (AvgIpc) is 2.72. The van der Waals surface area contributed by atoms with E-state index in [4.69, 9.17) is 22.1 Å². The Labute approximate surface area is 96.2 Å². The molecule has 0 bridgehead atoms. The summed E-state index contributed by atoms with van der Waals surface area (Å²) in [6.07, 6.45) is 2.84. The van der Waals surface area contributed by atoms with E-state index in [9.17, 15) is 0 Å². The molecule has 0 amide bonds. The topological polar surface area (TPSA) is 78.3 Å². The zero-order valence-electron chi connectivity index (χ0n) is 7.92. The van der Waals surface area contributed by atoms with Crippen LogP contribution in [0, 0.1) is 22.7 Å². The van der Waals surface area contributed by atoms with Gasteiger partial charge < -0.3 is 0 Å². The molecule has 2 heterocycles. The van der Waals surface area contributed by atoms with E-state index in [1.165, 1.54) is 17.1 Å². The summed E-state index contributed by atoms with van der Waals surface area (Å²) in [5, 5.41) is 18.2. The summed E-state index contributed by atoms with van der Waals surface area (Å²) in [5.74, 6) is 0.495. The molecular weight excluding hydrogens is 226 g/mol. The van der Waals surface area contributed by atoms with E-state index in [1.807, 2.05) is 12.1 Å². The summed E-state index contributed by atoms with van der Waals surface area (Å²) >= 11 is 5.70. The minimum atomic E-state index is 0.0826. The maximum absolute atomic E-state index is 8.92. The lowest BCUT2D eigenvalue weighted by Gasteiger charge is -2.01. The SMILES string of the molecule is N#Cc1ncn(-c2ccc(Cl)cn2)c1C#N. The Hall–Kier alpha value is -2.37. The monoisotopic (exact) mass is 229 g/mol. The summed E-state index contributed by atoms with van der Waals surface area (Å²) in [7, 11) is 0. The first-order chi connectivity index (χ1) is 7.76. The molecule has 0 spiro atoms. The lowest BCUT2D eigenvalue weighted by atomic mass is 10.3. The summed E-state index contributed by atoms with van der Waals surface area (Å²) in [6, 6.07) is 7.05. The van der Waals surface area contributed by atoms with Crippen LogP contribution in [-0.4, -0.2) is 14.5 Å². The quantitative estimate of drug-likeness (QED) is 0.745. The highest BCUT2D eigenvalue weighted by atomic mass is 35.5. The van der Waals surface area contributed by atoms with Gasteiger partial charge in [-0.2, -0.15) is 10.5 Å². The number of rotatable bonds is 1. The number of hydrogen-bond acceptors (Lipinski definition) is 4. The molecule has 76 valence electrons. The van der Waals surface area contributed by atoms with Gasteiger partial charge in [-0.3, -0.25) is 4.57 Å². The predicted molar refractivity (Wildman–Crippen MR) is 55.8 cm³/mol. The molecule has 0 atom stereocenters. The molecule has 5 nitrogen and oxygen atoms in total. The summed E-state index contributed by atoms with van der Waals surface area (Å²) in [5.41, 5.74) is 0.247. The first kappa shape index (κ1) is 10.2. The normalized spacial score (nSPS) is 9.44. The van der Waals surface area contributed by atoms with Crippen LogP contribution in [0.15, 0.2) is 24.7 Å². The van der Waals surface area contributed by atoms with E-state index in [0.717, 1.165) is 0 Å². The first-order valence-electron chi connectivity index (χ1n) is 4.25. The Kier molecular flexibility index (Phi) is 2.55. The zero-order valence-corrected chi connectivity index (χ0v) is 8.68. The third-order valence-corrected chi connectivity index (χ3v) is 2.16. The van der Waals surface area contributed by atoms with Crippen LogP contribution in [0.3, 0.4) is 0 Å². The fourth-order valence-electron chi connectivity index (χ4n) is 1.22. The van der Waals surface area contributed by atoms with Gasteiger partial charge in [0.25, 0.3) is 0 Å². The minimum Gasteiger partial charge on any atom is -0.273 e. The molecule has 0 saturated heterocycles. The molecule has 0 aliphatic carbocycles. The molecule has 0 saturated carbocycles. The van der Waals surface area contributed by atoms with Crippen LogP contribution in [-0.2, 0) is 0 Å². The van der Waals surface area contributed by atoms with Crippen LogP contribution in [0.25, 0.3) is 5.82 Å². The largest absolute Gasteiger partial charge is 0.273 e. The molecule has 2 aromatic heterocycles. The Balaban J connectivity index is 2.58. The Morgan fingerprint density at radius 1 is 1.19 bits per heavy atom. The van der Waals surface area contributed by atoms with E-state index in [-0.39, 0.29) is 11.4 Å².